The lowest BCUT2D eigenvalue weighted by Gasteiger charge is -2.38. The van der Waals surface area contributed by atoms with Crippen LogP contribution in [-0.4, -0.2) is 0 Å². The van der Waals surface area contributed by atoms with Crippen LogP contribution in [0.15, 0.2) is 115 Å². The Bertz CT molecular complexity index is 1040. The first-order chi connectivity index (χ1) is 13.9. The van der Waals surface area contributed by atoms with E-state index in [0.717, 1.165) is 0 Å². The summed E-state index contributed by atoms with van der Waals surface area (Å²) in [6.07, 6.45) is 0. The minimum absolute atomic E-state index is 0.350. The summed E-state index contributed by atoms with van der Waals surface area (Å²) < 4.78 is 0. The van der Waals surface area contributed by atoms with Crippen LogP contribution in [0.1, 0.15) is 44.2 Å². The lowest BCUT2D eigenvalue weighted by Crippen LogP contribution is -2.20. The molecule has 136 valence electrons. The van der Waals surface area contributed by atoms with Crippen molar-refractivity contribution in [1.29, 1.82) is 0 Å². The summed E-state index contributed by atoms with van der Waals surface area (Å²) in [4.78, 5) is 0. The molecule has 0 spiro atoms. The first-order valence-corrected chi connectivity index (χ1v) is 10.8. The molecule has 4 aromatic rings. The van der Waals surface area contributed by atoms with Crippen LogP contribution in [0.3, 0.4) is 0 Å². The molecule has 0 fully saturated rings. The van der Waals surface area contributed by atoms with Crippen molar-refractivity contribution in [3.8, 4) is 0 Å². The summed E-state index contributed by atoms with van der Waals surface area (Å²) in [6.45, 7) is 0. The number of fused-ring (bicyclic) bond motifs is 1. The van der Waals surface area contributed by atoms with Crippen molar-refractivity contribution < 1.29 is 0 Å². The van der Waals surface area contributed by atoms with E-state index in [1.165, 1.54) is 27.8 Å². The zero-order chi connectivity index (χ0) is 18.8. The van der Waals surface area contributed by atoms with Crippen molar-refractivity contribution in [3.05, 3.63) is 143 Å². The van der Waals surface area contributed by atoms with Crippen LogP contribution in [0, 0.1) is 0 Å². The molecule has 0 aromatic heterocycles. The van der Waals surface area contributed by atoms with Crippen molar-refractivity contribution in [2.24, 2.45) is 0 Å². The fourth-order valence-corrected chi connectivity index (χ4v) is 6.05. The molecular formula is C27H22S. The fraction of sp³-hybridized carbons (Fsp3) is 0.111. The van der Waals surface area contributed by atoms with Gasteiger partial charge in [0.2, 0.25) is 0 Å². The van der Waals surface area contributed by atoms with Gasteiger partial charge in [-0.3, -0.25) is 0 Å². The van der Waals surface area contributed by atoms with Gasteiger partial charge in [0.05, 0.1) is 5.25 Å². The van der Waals surface area contributed by atoms with Crippen LogP contribution in [-0.2, 0) is 0 Å². The normalized spacial score (nSPS) is 21.1. The predicted octanol–water partition coefficient (Wildman–Crippen LogP) is 7.40. The van der Waals surface area contributed by atoms with E-state index >= 15 is 0 Å². The Balaban J connectivity index is 1.71. The molecule has 1 aliphatic rings. The molecule has 0 saturated heterocycles. The molecule has 5 rings (SSSR count). The smallest absolute Gasteiger partial charge is 0.0555 e. The Labute approximate surface area is 171 Å². The highest BCUT2D eigenvalue weighted by Gasteiger charge is 2.37. The van der Waals surface area contributed by atoms with Gasteiger partial charge in [-0.05, 0) is 27.8 Å². The quantitative estimate of drug-likeness (QED) is 0.358. The molecule has 1 aliphatic heterocycles. The van der Waals surface area contributed by atoms with E-state index in [4.69, 9.17) is 0 Å². The highest BCUT2D eigenvalue weighted by atomic mass is 32.2. The monoisotopic (exact) mass is 378 g/mol. The molecule has 1 heterocycles. The Hall–Kier alpha value is -2.77. The van der Waals surface area contributed by atoms with E-state index < -0.39 is 0 Å². The zero-order valence-corrected chi connectivity index (χ0v) is 16.4. The first-order valence-electron chi connectivity index (χ1n) is 9.81. The van der Waals surface area contributed by atoms with Crippen molar-refractivity contribution in [2.45, 2.75) is 16.4 Å². The molecule has 0 N–H and O–H groups in total. The molecule has 0 amide bonds. The molecule has 1 heteroatoms. The maximum atomic E-state index is 2.33. The van der Waals surface area contributed by atoms with Crippen LogP contribution in [0.4, 0.5) is 0 Å². The second kappa shape index (κ2) is 7.69. The van der Waals surface area contributed by atoms with Gasteiger partial charge < -0.3 is 0 Å². The maximum Gasteiger partial charge on any atom is 0.0555 e. The summed E-state index contributed by atoms with van der Waals surface area (Å²) in [7, 11) is 0. The number of hydrogen-bond donors (Lipinski definition) is 0. The first kappa shape index (κ1) is 17.3. The third kappa shape index (κ3) is 3.16. The lowest BCUT2D eigenvalue weighted by molar-refractivity contribution is 0.752. The Morgan fingerprint density at radius 3 is 1.50 bits per heavy atom. The van der Waals surface area contributed by atoms with Gasteiger partial charge in [-0.25, -0.2) is 0 Å². The summed E-state index contributed by atoms with van der Waals surface area (Å²) in [5.74, 6) is 0.352. The van der Waals surface area contributed by atoms with Crippen LogP contribution < -0.4 is 0 Å². The standard InChI is InChI=1S/C27H22S/c1-4-12-20(13-5-1)25-23-18-10-11-19-24(23)26(21-14-6-2-7-15-21)28-27(25)22-16-8-3-9-17-22/h1-19,25-27H/t25-,26?,27+/m0/s1. The average Bonchev–Trinajstić information content (AvgIpc) is 2.80. The number of benzene rings is 4. The van der Waals surface area contributed by atoms with E-state index in [0.29, 0.717) is 16.4 Å². The van der Waals surface area contributed by atoms with Gasteiger partial charge in [0, 0.05) is 11.2 Å². The topological polar surface area (TPSA) is 0 Å². The number of thioether (sulfide) groups is 1. The summed E-state index contributed by atoms with van der Waals surface area (Å²) in [5, 5.41) is 0.728. The zero-order valence-electron chi connectivity index (χ0n) is 15.6. The fourth-order valence-electron chi connectivity index (χ4n) is 4.31. The van der Waals surface area contributed by atoms with Crippen LogP contribution in [0.5, 0.6) is 0 Å². The lowest BCUT2D eigenvalue weighted by atomic mass is 9.81. The largest absolute Gasteiger partial charge is 0.140 e. The minimum atomic E-state index is 0.350. The molecule has 0 nitrogen and oxygen atoms in total. The van der Waals surface area contributed by atoms with Crippen molar-refractivity contribution in [3.63, 3.8) is 0 Å². The van der Waals surface area contributed by atoms with Crippen molar-refractivity contribution in [1.82, 2.24) is 0 Å². The van der Waals surface area contributed by atoms with Crippen LogP contribution in [0.2, 0.25) is 0 Å². The Morgan fingerprint density at radius 2 is 0.893 bits per heavy atom. The Kier molecular flexibility index (Phi) is 4.76. The van der Waals surface area contributed by atoms with Crippen LogP contribution in [0.25, 0.3) is 0 Å². The molecule has 0 radical (unpaired) electrons. The van der Waals surface area contributed by atoms with Gasteiger partial charge in [-0.2, -0.15) is 0 Å². The molecule has 0 bridgehead atoms. The number of hydrogen-bond acceptors (Lipinski definition) is 1. The molecule has 3 atom stereocenters. The predicted molar refractivity (Wildman–Crippen MR) is 120 cm³/mol. The average molecular weight is 379 g/mol. The molecule has 0 saturated carbocycles. The van der Waals surface area contributed by atoms with Crippen molar-refractivity contribution in [2.75, 3.05) is 0 Å². The molecular weight excluding hydrogens is 356 g/mol. The molecule has 4 aromatic carbocycles. The van der Waals surface area contributed by atoms with Gasteiger partial charge in [0.25, 0.3) is 0 Å². The SMILES string of the molecule is c1ccc(C2S[C@H](c3ccccc3)[C@@H](c3ccccc3)c3ccccc32)cc1. The maximum absolute atomic E-state index is 2.33. The minimum Gasteiger partial charge on any atom is -0.140 e. The summed E-state index contributed by atoms with van der Waals surface area (Å²) in [5.41, 5.74) is 7.07. The molecule has 28 heavy (non-hydrogen) atoms. The Morgan fingerprint density at radius 1 is 0.429 bits per heavy atom. The number of rotatable bonds is 3. The third-order valence-electron chi connectivity index (χ3n) is 5.59. The second-order valence-electron chi connectivity index (χ2n) is 7.28. The molecule has 1 unspecified atom stereocenters. The highest BCUT2D eigenvalue weighted by molar-refractivity contribution is 8.00. The van der Waals surface area contributed by atoms with E-state index in [9.17, 15) is 0 Å². The van der Waals surface area contributed by atoms with E-state index in [1.54, 1.807) is 0 Å². The van der Waals surface area contributed by atoms with Gasteiger partial charge >= 0.3 is 0 Å². The van der Waals surface area contributed by atoms with Gasteiger partial charge in [0.15, 0.2) is 0 Å². The van der Waals surface area contributed by atoms with Crippen molar-refractivity contribution >= 4 is 11.8 Å². The van der Waals surface area contributed by atoms with Gasteiger partial charge in [-0.15, -0.1) is 11.8 Å². The van der Waals surface area contributed by atoms with Crippen LogP contribution >= 0.6 is 11.8 Å². The second-order valence-corrected chi connectivity index (χ2v) is 8.53. The van der Waals surface area contributed by atoms with E-state index in [-0.39, 0.29) is 0 Å². The van der Waals surface area contributed by atoms with Gasteiger partial charge in [-0.1, -0.05) is 115 Å². The third-order valence-corrected chi connectivity index (χ3v) is 7.22. The van der Waals surface area contributed by atoms with E-state index in [2.05, 4.69) is 127 Å². The van der Waals surface area contributed by atoms with Gasteiger partial charge in [0.1, 0.15) is 0 Å². The summed E-state index contributed by atoms with van der Waals surface area (Å²) >= 11 is 2.08. The molecule has 0 aliphatic carbocycles. The highest BCUT2D eigenvalue weighted by Crippen LogP contribution is 2.58. The van der Waals surface area contributed by atoms with E-state index in [1.807, 2.05) is 0 Å². The summed E-state index contributed by atoms with van der Waals surface area (Å²) in [6, 6.07) is 41.9.